The lowest BCUT2D eigenvalue weighted by atomic mass is 9.64. The number of halogens is 3. The molecule has 1 N–H and O–H groups in total. The first kappa shape index (κ1) is 19.8. The van der Waals surface area contributed by atoms with Gasteiger partial charge in [0.2, 0.25) is 0 Å². The summed E-state index contributed by atoms with van der Waals surface area (Å²) in [5.41, 5.74) is -3.23. The number of hydrogen-bond donors (Lipinski definition) is 1. The first-order valence-corrected chi connectivity index (χ1v) is 9.13. The van der Waals surface area contributed by atoms with Crippen LogP contribution in [0.15, 0.2) is 29.6 Å². The number of carbonyl (C=O) groups excluding carboxylic acids is 1. The fourth-order valence-electron chi connectivity index (χ4n) is 4.04. The maximum atomic E-state index is 14.0. The maximum Gasteiger partial charge on any atom is 0.439 e. The number of hydrogen-bond acceptors (Lipinski definition) is 4. The lowest BCUT2D eigenvalue weighted by molar-refractivity contribution is -0.314. The highest BCUT2D eigenvalue weighted by atomic mass is 19.4. The lowest BCUT2D eigenvalue weighted by Crippen LogP contribution is -2.62. The van der Waals surface area contributed by atoms with Gasteiger partial charge < -0.3 is 5.11 Å². The molecular formula is C19H24F3N3O2. The fourth-order valence-corrected chi connectivity index (χ4v) is 4.04. The molecule has 0 radical (unpaired) electrons. The molecule has 0 aromatic carbocycles. The SMILES string of the molecule is CCC(C)(C)[C@@H]1CCC2=NN(C(=O)c3ccncc3)[C@@](O)(C(F)(F)F)[C@@H]2C1. The van der Waals surface area contributed by atoms with Crippen molar-refractivity contribution in [2.45, 2.75) is 58.4 Å². The van der Waals surface area contributed by atoms with Gasteiger partial charge in [-0.1, -0.05) is 27.2 Å². The molecular weight excluding hydrogens is 359 g/mol. The van der Waals surface area contributed by atoms with Gasteiger partial charge in [0.25, 0.3) is 11.6 Å². The summed E-state index contributed by atoms with van der Waals surface area (Å²) >= 11 is 0. The summed E-state index contributed by atoms with van der Waals surface area (Å²) in [7, 11) is 0. The van der Waals surface area contributed by atoms with Crippen LogP contribution in [0.25, 0.3) is 0 Å². The van der Waals surface area contributed by atoms with Crippen LogP contribution in [0.1, 0.15) is 56.8 Å². The number of aliphatic hydroxyl groups is 1. The number of rotatable bonds is 3. The Morgan fingerprint density at radius 2 is 1.96 bits per heavy atom. The average molecular weight is 383 g/mol. The average Bonchev–Trinajstić information content (AvgIpc) is 2.95. The van der Waals surface area contributed by atoms with Gasteiger partial charge in [0.05, 0.1) is 5.92 Å². The number of nitrogens with zero attached hydrogens (tertiary/aromatic N) is 3. The van der Waals surface area contributed by atoms with E-state index >= 15 is 0 Å². The van der Waals surface area contributed by atoms with Crippen molar-refractivity contribution in [2.24, 2.45) is 22.4 Å². The van der Waals surface area contributed by atoms with Crippen molar-refractivity contribution in [3.05, 3.63) is 30.1 Å². The quantitative estimate of drug-likeness (QED) is 0.858. The molecule has 3 rings (SSSR count). The summed E-state index contributed by atoms with van der Waals surface area (Å²) in [5.74, 6) is -2.21. The lowest BCUT2D eigenvalue weighted by Gasteiger charge is -2.43. The summed E-state index contributed by atoms with van der Waals surface area (Å²) < 4.78 is 42.1. The van der Waals surface area contributed by atoms with Crippen molar-refractivity contribution in [1.29, 1.82) is 0 Å². The predicted molar refractivity (Wildman–Crippen MR) is 93.7 cm³/mol. The Kier molecular flexibility index (Phi) is 4.82. The van der Waals surface area contributed by atoms with Gasteiger partial charge >= 0.3 is 6.18 Å². The van der Waals surface area contributed by atoms with Gasteiger partial charge in [0.15, 0.2) is 0 Å². The third-order valence-corrected chi connectivity index (χ3v) is 6.26. The van der Waals surface area contributed by atoms with Crippen LogP contribution >= 0.6 is 0 Å². The van der Waals surface area contributed by atoms with Crippen LogP contribution in [0.3, 0.4) is 0 Å². The number of carbonyl (C=O) groups is 1. The molecule has 8 heteroatoms. The molecule has 0 unspecified atom stereocenters. The maximum absolute atomic E-state index is 14.0. The van der Waals surface area contributed by atoms with Crippen LogP contribution in [0, 0.1) is 17.3 Å². The highest BCUT2D eigenvalue weighted by Crippen LogP contribution is 2.52. The van der Waals surface area contributed by atoms with Crippen molar-refractivity contribution in [3.63, 3.8) is 0 Å². The van der Waals surface area contributed by atoms with E-state index in [0.29, 0.717) is 12.8 Å². The van der Waals surface area contributed by atoms with Crippen molar-refractivity contribution < 1.29 is 23.1 Å². The number of hydrazone groups is 1. The van der Waals surface area contributed by atoms with Crippen molar-refractivity contribution in [1.82, 2.24) is 9.99 Å². The van der Waals surface area contributed by atoms with Gasteiger partial charge in [0, 0.05) is 23.7 Å². The molecule has 1 aromatic heterocycles. The van der Waals surface area contributed by atoms with Crippen molar-refractivity contribution >= 4 is 11.6 Å². The van der Waals surface area contributed by atoms with E-state index in [-0.39, 0.29) is 34.0 Å². The summed E-state index contributed by atoms with van der Waals surface area (Å²) in [6, 6.07) is 2.62. The van der Waals surface area contributed by atoms with Crippen LogP contribution < -0.4 is 0 Å². The number of fused-ring (bicyclic) bond motifs is 1. The zero-order valence-electron chi connectivity index (χ0n) is 15.6. The second kappa shape index (κ2) is 6.58. The first-order chi connectivity index (χ1) is 12.5. The molecule has 2 aliphatic rings. The third-order valence-electron chi connectivity index (χ3n) is 6.26. The van der Waals surface area contributed by atoms with E-state index in [1.807, 2.05) is 20.8 Å². The Morgan fingerprint density at radius 3 is 2.52 bits per heavy atom. The molecule has 5 nitrogen and oxygen atoms in total. The Balaban J connectivity index is 2.00. The zero-order valence-corrected chi connectivity index (χ0v) is 15.6. The molecule has 148 valence electrons. The fraction of sp³-hybridized carbons (Fsp3) is 0.632. The Hall–Kier alpha value is -1.96. The van der Waals surface area contributed by atoms with Crippen LogP contribution in [0.4, 0.5) is 13.2 Å². The first-order valence-electron chi connectivity index (χ1n) is 9.13. The molecule has 3 atom stereocenters. The zero-order chi connectivity index (χ0) is 20.0. The van der Waals surface area contributed by atoms with Crippen LogP contribution in [0.5, 0.6) is 0 Å². The van der Waals surface area contributed by atoms with Gasteiger partial charge in [-0.15, -0.1) is 0 Å². The van der Waals surface area contributed by atoms with Crippen molar-refractivity contribution in [3.8, 4) is 0 Å². The summed E-state index contributed by atoms with van der Waals surface area (Å²) in [4.78, 5) is 16.5. The minimum Gasteiger partial charge on any atom is -0.362 e. The largest absolute Gasteiger partial charge is 0.439 e. The Bertz CT molecular complexity index is 748. The minimum atomic E-state index is -5.02. The monoisotopic (exact) mass is 383 g/mol. The van der Waals surface area contributed by atoms with E-state index in [2.05, 4.69) is 10.1 Å². The highest BCUT2D eigenvalue weighted by Gasteiger charge is 2.69. The second-order valence-electron chi connectivity index (χ2n) is 8.03. The van der Waals surface area contributed by atoms with Crippen LogP contribution in [0.2, 0.25) is 0 Å². The number of aromatic nitrogens is 1. The third kappa shape index (κ3) is 3.13. The molecule has 1 fully saturated rings. The number of alkyl halides is 3. The predicted octanol–water partition coefficient (Wildman–Crippen LogP) is 4.00. The molecule has 0 spiro atoms. The molecule has 1 aliphatic carbocycles. The molecule has 1 aliphatic heterocycles. The Morgan fingerprint density at radius 1 is 1.33 bits per heavy atom. The minimum absolute atomic E-state index is 0.00103. The van der Waals surface area contributed by atoms with E-state index in [1.165, 1.54) is 24.5 Å². The van der Waals surface area contributed by atoms with Crippen LogP contribution in [-0.2, 0) is 0 Å². The number of pyridine rings is 1. The topological polar surface area (TPSA) is 65.8 Å². The molecule has 1 saturated carbocycles. The standard InChI is InChI=1S/C19H24F3N3O2/c1-4-17(2,3)13-5-6-15-14(11-13)18(27,19(20,21)22)25(24-15)16(26)12-7-9-23-10-8-12/h7-10,13-14,27H,4-6,11H2,1-3H3/t13-,14-,18+/m1/s1. The smallest absolute Gasteiger partial charge is 0.362 e. The molecule has 1 amide bonds. The number of amides is 1. The van der Waals surface area contributed by atoms with Gasteiger partial charge in [-0.3, -0.25) is 9.78 Å². The van der Waals surface area contributed by atoms with E-state index < -0.39 is 23.7 Å². The molecule has 0 saturated heterocycles. The normalized spacial score (nSPS) is 28.7. The summed E-state index contributed by atoms with van der Waals surface area (Å²) in [5, 5.41) is 15.0. The van der Waals surface area contributed by atoms with E-state index in [0.717, 1.165) is 6.42 Å². The van der Waals surface area contributed by atoms with E-state index in [9.17, 15) is 23.1 Å². The van der Waals surface area contributed by atoms with E-state index in [4.69, 9.17) is 0 Å². The van der Waals surface area contributed by atoms with Crippen LogP contribution in [-0.4, -0.2) is 38.6 Å². The summed E-state index contributed by atoms with van der Waals surface area (Å²) in [6.07, 6.45) is -0.384. The molecule has 2 heterocycles. The molecule has 1 aromatic rings. The van der Waals surface area contributed by atoms with Crippen molar-refractivity contribution in [2.75, 3.05) is 0 Å². The van der Waals surface area contributed by atoms with Gasteiger partial charge in [-0.2, -0.15) is 23.3 Å². The van der Waals surface area contributed by atoms with Gasteiger partial charge in [-0.25, -0.2) is 0 Å². The molecule has 0 bridgehead atoms. The van der Waals surface area contributed by atoms with E-state index in [1.54, 1.807) is 0 Å². The van der Waals surface area contributed by atoms with Gasteiger partial charge in [0.1, 0.15) is 0 Å². The molecule has 27 heavy (non-hydrogen) atoms. The highest BCUT2D eigenvalue weighted by molar-refractivity contribution is 5.99. The van der Waals surface area contributed by atoms with Gasteiger partial charge in [-0.05, 0) is 42.7 Å². The Labute approximate surface area is 156 Å². The summed E-state index contributed by atoms with van der Waals surface area (Å²) in [6.45, 7) is 6.07. The second-order valence-corrected chi connectivity index (χ2v) is 8.03.